The largest absolute Gasteiger partial charge is 0.321 e. The molecule has 1 N–H and O–H groups in total. The van der Waals surface area contributed by atoms with Crippen LogP contribution in [0.4, 0.5) is 5.69 Å². The van der Waals surface area contributed by atoms with Crippen molar-refractivity contribution < 1.29 is 4.79 Å². The summed E-state index contributed by atoms with van der Waals surface area (Å²) in [5.74, 6) is 0.0565. The molecule has 1 amide bonds. The number of aromatic nitrogens is 2. The smallest absolute Gasteiger partial charge is 0.266 e. The molecule has 0 aliphatic rings. The Balaban J connectivity index is 2.13. The average molecular weight is 350 g/mol. The molecule has 1 atom stereocenters. The van der Waals surface area contributed by atoms with E-state index in [-0.39, 0.29) is 11.1 Å². The van der Waals surface area contributed by atoms with Crippen LogP contribution in [-0.2, 0) is 10.3 Å². The molecule has 0 spiro atoms. The Labute approximate surface area is 155 Å². The van der Waals surface area contributed by atoms with E-state index in [4.69, 9.17) is 0 Å². The molecule has 5 nitrogen and oxygen atoms in total. The van der Waals surface area contributed by atoms with E-state index in [0.717, 1.165) is 12.0 Å². The van der Waals surface area contributed by atoms with Gasteiger partial charge in [-0.2, -0.15) is 10.4 Å². The van der Waals surface area contributed by atoms with Gasteiger partial charge in [0.2, 0.25) is 0 Å². The first kappa shape index (κ1) is 19.5. The number of anilines is 1. The van der Waals surface area contributed by atoms with Crippen LogP contribution in [0.2, 0.25) is 0 Å². The Bertz CT molecular complexity index is 832. The maximum atomic E-state index is 12.4. The molecule has 26 heavy (non-hydrogen) atoms. The first-order valence-electron chi connectivity index (χ1n) is 8.83. The first-order chi connectivity index (χ1) is 12.2. The zero-order chi connectivity index (χ0) is 19.3. The van der Waals surface area contributed by atoms with Gasteiger partial charge in [0.15, 0.2) is 0 Å². The van der Waals surface area contributed by atoms with Gasteiger partial charge in [0.05, 0.1) is 11.7 Å². The van der Waals surface area contributed by atoms with Gasteiger partial charge in [-0.15, -0.1) is 0 Å². The number of carbonyl (C=O) groups excluding carboxylic acids is 1. The van der Waals surface area contributed by atoms with E-state index in [9.17, 15) is 10.1 Å². The number of nitriles is 1. The van der Waals surface area contributed by atoms with Crippen LogP contribution in [0.25, 0.3) is 6.08 Å². The maximum absolute atomic E-state index is 12.4. The van der Waals surface area contributed by atoms with Gasteiger partial charge >= 0.3 is 0 Å². The third-order valence-electron chi connectivity index (χ3n) is 4.32. The molecule has 2 aromatic rings. The van der Waals surface area contributed by atoms with Crippen molar-refractivity contribution in [2.45, 2.75) is 52.5 Å². The Kier molecular flexibility index (Phi) is 5.99. The molecule has 1 unspecified atom stereocenters. The summed E-state index contributed by atoms with van der Waals surface area (Å²) in [5, 5.41) is 16.4. The minimum absolute atomic E-state index is 0.0458. The topological polar surface area (TPSA) is 70.7 Å². The molecule has 5 heteroatoms. The molecule has 1 aromatic carbocycles. The van der Waals surface area contributed by atoms with Crippen LogP contribution in [0.3, 0.4) is 0 Å². The third kappa shape index (κ3) is 4.82. The van der Waals surface area contributed by atoms with Gasteiger partial charge in [-0.1, -0.05) is 26.0 Å². The molecule has 1 heterocycles. The van der Waals surface area contributed by atoms with E-state index in [1.165, 1.54) is 5.56 Å². The van der Waals surface area contributed by atoms with Crippen molar-refractivity contribution in [3.63, 3.8) is 0 Å². The van der Waals surface area contributed by atoms with E-state index in [0.29, 0.717) is 11.6 Å². The van der Waals surface area contributed by atoms with Gasteiger partial charge in [-0.3, -0.25) is 9.48 Å². The molecule has 2 rings (SSSR count). The van der Waals surface area contributed by atoms with Crippen molar-refractivity contribution in [2.24, 2.45) is 0 Å². The quantitative estimate of drug-likeness (QED) is 0.628. The van der Waals surface area contributed by atoms with Gasteiger partial charge in [0, 0.05) is 17.4 Å². The van der Waals surface area contributed by atoms with Crippen molar-refractivity contribution in [1.29, 1.82) is 5.26 Å². The third-order valence-corrected chi connectivity index (χ3v) is 4.32. The summed E-state index contributed by atoms with van der Waals surface area (Å²) in [6.07, 6.45) is 6.09. The SMILES string of the molecule is CCC(C)c1ccc(NC(=O)C(C#N)=Cc2cnn(C(C)(C)C)c2)cc1. The molecule has 0 aliphatic carbocycles. The lowest BCUT2D eigenvalue weighted by Crippen LogP contribution is -2.21. The highest BCUT2D eigenvalue weighted by Crippen LogP contribution is 2.21. The lowest BCUT2D eigenvalue weighted by Gasteiger charge is -2.18. The second-order valence-corrected chi connectivity index (χ2v) is 7.44. The molecule has 0 radical (unpaired) electrons. The van der Waals surface area contributed by atoms with Crippen LogP contribution >= 0.6 is 0 Å². The van der Waals surface area contributed by atoms with Crippen molar-refractivity contribution in [2.75, 3.05) is 5.32 Å². The molecule has 136 valence electrons. The van der Waals surface area contributed by atoms with Crippen molar-refractivity contribution in [3.05, 3.63) is 53.4 Å². The number of carbonyl (C=O) groups is 1. The van der Waals surface area contributed by atoms with Crippen LogP contribution < -0.4 is 5.32 Å². The van der Waals surface area contributed by atoms with E-state index < -0.39 is 5.91 Å². The normalized spacial score (nSPS) is 13.2. The highest BCUT2D eigenvalue weighted by atomic mass is 16.1. The molecule has 1 aromatic heterocycles. The maximum Gasteiger partial charge on any atom is 0.266 e. The molecular weight excluding hydrogens is 324 g/mol. The number of benzene rings is 1. The number of nitrogens with one attached hydrogen (secondary N) is 1. The lowest BCUT2D eigenvalue weighted by molar-refractivity contribution is -0.112. The Morgan fingerprint density at radius 3 is 2.50 bits per heavy atom. The average Bonchev–Trinajstić information content (AvgIpc) is 3.08. The van der Waals surface area contributed by atoms with Gasteiger partial charge in [-0.05, 0) is 56.9 Å². The Morgan fingerprint density at radius 2 is 2.00 bits per heavy atom. The van der Waals surface area contributed by atoms with Crippen LogP contribution in [-0.4, -0.2) is 15.7 Å². The second kappa shape index (κ2) is 8.01. The van der Waals surface area contributed by atoms with E-state index in [2.05, 4.69) is 24.3 Å². The minimum Gasteiger partial charge on any atom is -0.321 e. The predicted molar refractivity (Wildman–Crippen MR) is 105 cm³/mol. The van der Waals surface area contributed by atoms with Crippen molar-refractivity contribution in [3.8, 4) is 6.07 Å². The lowest BCUT2D eigenvalue weighted by atomic mass is 9.98. The van der Waals surface area contributed by atoms with E-state index in [1.54, 1.807) is 17.0 Å². The molecule has 0 bridgehead atoms. The van der Waals surface area contributed by atoms with E-state index in [1.807, 2.05) is 57.3 Å². The van der Waals surface area contributed by atoms with Gasteiger partial charge in [0.1, 0.15) is 11.6 Å². The fourth-order valence-electron chi connectivity index (χ4n) is 2.42. The molecule has 0 saturated heterocycles. The van der Waals surface area contributed by atoms with Crippen LogP contribution in [0.5, 0.6) is 0 Å². The molecule has 0 fully saturated rings. The zero-order valence-electron chi connectivity index (χ0n) is 16.1. The van der Waals surface area contributed by atoms with Crippen molar-refractivity contribution in [1.82, 2.24) is 9.78 Å². The molecule has 0 aliphatic heterocycles. The van der Waals surface area contributed by atoms with Gasteiger partial charge in [-0.25, -0.2) is 0 Å². The Morgan fingerprint density at radius 1 is 1.35 bits per heavy atom. The first-order valence-corrected chi connectivity index (χ1v) is 8.83. The summed E-state index contributed by atoms with van der Waals surface area (Å²) in [7, 11) is 0. The molecule has 0 saturated carbocycles. The highest BCUT2D eigenvalue weighted by molar-refractivity contribution is 6.09. The summed E-state index contributed by atoms with van der Waals surface area (Å²) >= 11 is 0. The van der Waals surface area contributed by atoms with Crippen LogP contribution in [0.1, 0.15) is 58.1 Å². The van der Waals surface area contributed by atoms with Crippen LogP contribution in [0.15, 0.2) is 42.2 Å². The second-order valence-electron chi connectivity index (χ2n) is 7.44. The predicted octanol–water partition coefficient (Wildman–Crippen LogP) is 4.70. The molecular formula is C21H26N4O. The summed E-state index contributed by atoms with van der Waals surface area (Å²) < 4.78 is 1.80. The number of hydrogen-bond donors (Lipinski definition) is 1. The van der Waals surface area contributed by atoms with Crippen LogP contribution in [0, 0.1) is 11.3 Å². The van der Waals surface area contributed by atoms with Gasteiger partial charge in [0.25, 0.3) is 5.91 Å². The minimum atomic E-state index is -0.424. The van der Waals surface area contributed by atoms with Crippen molar-refractivity contribution >= 4 is 17.7 Å². The standard InChI is InChI=1S/C21H26N4O/c1-6-15(2)17-7-9-19(10-8-17)24-20(26)18(12-22)11-16-13-23-25(14-16)21(3,4)5/h7-11,13-15H,6H2,1-5H3,(H,24,26). The summed E-state index contributed by atoms with van der Waals surface area (Å²) in [6, 6.07) is 9.72. The summed E-state index contributed by atoms with van der Waals surface area (Å²) in [5.41, 5.74) is 2.52. The zero-order valence-corrected chi connectivity index (χ0v) is 16.1. The monoisotopic (exact) mass is 350 g/mol. The highest BCUT2D eigenvalue weighted by Gasteiger charge is 2.15. The fourth-order valence-corrected chi connectivity index (χ4v) is 2.42. The number of nitrogens with zero attached hydrogens (tertiary/aromatic N) is 3. The van der Waals surface area contributed by atoms with E-state index >= 15 is 0 Å². The summed E-state index contributed by atoms with van der Waals surface area (Å²) in [6.45, 7) is 10.4. The summed E-state index contributed by atoms with van der Waals surface area (Å²) in [4.78, 5) is 12.4. The number of hydrogen-bond acceptors (Lipinski definition) is 3. The number of amides is 1. The van der Waals surface area contributed by atoms with Gasteiger partial charge < -0.3 is 5.32 Å². The number of rotatable bonds is 5. The Hall–Kier alpha value is -2.87. The fraction of sp³-hybridized carbons (Fsp3) is 0.381.